The average Bonchev–Trinajstić information content (AvgIpc) is 2.36. The molecule has 0 aromatic heterocycles. The summed E-state index contributed by atoms with van der Waals surface area (Å²) in [5.41, 5.74) is 30.1. The van der Waals surface area contributed by atoms with Gasteiger partial charge in [0.2, 0.25) is 0 Å². The summed E-state index contributed by atoms with van der Waals surface area (Å²) < 4.78 is 7.63. The van der Waals surface area contributed by atoms with Gasteiger partial charge in [0, 0.05) is 74.3 Å². The molecule has 8 heteroatoms. The quantitative estimate of drug-likeness (QED) is 0.160. The summed E-state index contributed by atoms with van der Waals surface area (Å²) in [6.45, 7) is -0.216. The molecule has 0 bridgehead atoms. The van der Waals surface area contributed by atoms with Crippen LogP contribution >= 0.6 is 0 Å². The van der Waals surface area contributed by atoms with Crippen LogP contribution in [0.1, 0.15) is 0 Å². The van der Waals surface area contributed by atoms with Gasteiger partial charge in [0.25, 0.3) is 20.1 Å². The summed E-state index contributed by atoms with van der Waals surface area (Å²) in [4.78, 5) is 10.1. The Hall–Kier alpha value is -10.2. The first kappa shape index (κ1) is 43.9. The topological polar surface area (TPSA) is 22.2 Å². The van der Waals surface area contributed by atoms with Gasteiger partial charge in [-0.2, -0.15) is 0 Å². The maximum absolute atomic E-state index is 7.63. The number of para-hydroxylation sites is 7. The van der Waals surface area contributed by atoms with E-state index in [0.29, 0.717) is 0 Å². The van der Waals surface area contributed by atoms with Gasteiger partial charge >= 0.3 is 0 Å². The lowest BCUT2D eigenvalue weighted by Crippen LogP contribution is -2.69. The Morgan fingerprint density at radius 2 is 0.625 bits per heavy atom. The lowest BCUT2D eigenvalue weighted by atomic mass is 9.28. The van der Waals surface area contributed by atoms with Gasteiger partial charge in [-0.25, -0.2) is 0 Å². The second-order valence-corrected chi connectivity index (χ2v) is 21.9. The largest absolute Gasteiger partial charge is 0.458 e. The number of fused-ring (bicyclic) bond motifs is 14. The van der Waals surface area contributed by atoms with E-state index in [1.54, 1.807) is 0 Å². The van der Waals surface area contributed by atoms with Crippen LogP contribution in [0.25, 0.3) is 22.3 Å². The number of benzene rings is 12. The van der Waals surface area contributed by atoms with Crippen LogP contribution in [-0.4, -0.2) is 20.1 Å². The molecule has 0 saturated heterocycles. The van der Waals surface area contributed by atoms with Crippen LogP contribution in [0, 0.1) is 0 Å². The molecule has 12 aromatic carbocycles. The van der Waals surface area contributed by atoms with Crippen molar-refractivity contribution in [2.24, 2.45) is 0 Å². The maximum Gasteiger partial charge on any atom is 0.256 e. The molecule has 368 valence electrons. The Morgan fingerprint density at radius 1 is 0.225 bits per heavy atom. The minimum absolute atomic E-state index is 0.00950. The molecule has 0 saturated carbocycles. The smallest absolute Gasteiger partial charge is 0.256 e. The molecule has 5 nitrogen and oxygen atoms in total. The van der Waals surface area contributed by atoms with Gasteiger partial charge in [-0.15, -0.1) is 0 Å². The zero-order valence-electron chi connectivity index (χ0n) is 43.4. The zero-order valence-corrected chi connectivity index (χ0v) is 43.4. The highest BCUT2D eigenvalue weighted by Crippen LogP contribution is 2.51. The van der Waals surface area contributed by atoms with Gasteiger partial charge in [0.15, 0.2) is 0 Å². The van der Waals surface area contributed by atoms with E-state index in [4.69, 9.17) is 4.74 Å². The van der Waals surface area contributed by atoms with E-state index >= 15 is 0 Å². The Morgan fingerprint density at radius 3 is 1.15 bits per heavy atom. The van der Waals surface area contributed by atoms with Gasteiger partial charge in [-0.3, -0.25) is 0 Å². The molecule has 80 heavy (non-hydrogen) atoms. The highest BCUT2D eigenvalue weighted by atomic mass is 16.5. The SMILES string of the molecule is c1ccc(-c2cccc(-c3cc4c5c(c3)N(c3ccccc3)c3ccccc3B5c3cc5c(cc3O4)N(c3ccccc3)c3cc4c6c7c3B5c3ccccc3N7c3ccccc3B6c3ccccc3N4c3ccccc3)c2)cc1. The monoisotopic (exact) mass is 1010 g/mol. The molecule has 0 fully saturated rings. The van der Waals surface area contributed by atoms with Crippen molar-refractivity contribution in [2.75, 3.05) is 19.6 Å². The summed E-state index contributed by atoms with van der Waals surface area (Å²) >= 11 is 0. The summed E-state index contributed by atoms with van der Waals surface area (Å²) in [7, 11) is 0. The number of nitrogens with zero attached hydrogens (tertiary/aromatic N) is 4. The standard InChI is InChI=1S/C72H45B3N4O/c1-5-22-46(23-6-1)47-24-21-25-48(40-47)49-41-64-69-68(42-49)80-67-45-63-57(43-58(67)75(69)54-33-14-18-37-60(54)76(64)50-26-7-2-8-27-50)74-56-35-16-20-39-62(56)79-61-38-19-15-34-55(61)73-53-32-13-17-36-59(53)77(51-28-9-3-10-29-51)65-44-66(71(74)72(79)70(65)73)78(63)52-30-11-4-12-31-52/h1-45H. The van der Waals surface area contributed by atoms with Crippen LogP contribution in [0.3, 0.4) is 0 Å². The average molecular weight is 1010 g/mol. The number of hydrogen-bond acceptors (Lipinski definition) is 5. The maximum atomic E-state index is 7.63. The number of rotatable bonds is 5. The van der Waals surface area contributed by atoms with Crippen molar-refractivity contribution in [3.8, 4) is 33.8 Å². The molecular weight excluding hydrogens is 969 g/mol. The third kappa shape index (κ3) is 6.05. The fraction of sp³-hybridized carbons (Fsp3) is 0. The van der Waals surface area contributed by atoms with Gasteiger partial charge < -0.3 is 24.3 Å². The third-order valence-electron chi connectivity index (χ3n) is 17.8. The molecule has 0 unspecified atom stereocenters. The van der Waals surface area contributed by atoms with Crippen LogP contribution in [0.4, 0.5) is 68.2 Å². The van der Waals surface area contributed by atoms with Crippen molar-refractivity contribution < 1.29 is 4.74 Å². The first-order chi connectivity index (χ1) is 39.7. The van der Waals surface area contributed by atoms with E-state index in [9.17, 15) is 0 Å². The Kier molecular flexibility index (Phi) is 9.15. The van der Waals surface area contributed by atoms with Crippen molar-refractivity contribution in [3.63, 3.8) is 0 Å². The molecule has 12 aromatic rings. The Labute approximate surface area is 466 Å². The number of ether oxygens (including phenoxy) is 1. The van der Waals surface area contributed by atoms with Gasteiger partial charge in [-0.1, -0.05) is 182 Å². The third-order valence-corrected chi connectivity index (χ3v) is 17.8. The summed E-state index contributed by atoms with van der Waals surface area (Å²) in [6.07, 6.45) is 0. The number of anilines is 12. The molecule has 18 rings (SSSR count). The predicted octanol–water partition coefficient (Wildman–Crippen LogP) is 12.1. The molecule has 6 aliphatic heterocycles. The van der Waals surface area contributed by atoms with Crippen LogP contribution in [0.5, 0.6) is 11.5 Å². The second kappa shape index (κ2) is 16.7. The lowest BCUT2D eigenvalue weighted by molar-refractivity contribution is 0.488. The van der Waals surface area contributed by atoms with E-state index < -0.39 is 0 Å². The molecule has 0 aliphatic carbocycles. The molecule has 0 radical (unpaired) electrons. The molecule has 6 aliphatic rings. The van der Waals surface area contributed by atoms with E-state index in [0.717, 1.165) is 51.1 Å². The predicted molar refractivity (Wildman–Crippen MR) is 337 cm³/mol. The fourth-order valence-electron chi connectivity index (χ4n) is 14.7. The van der Waals surface area contributed by atoms with E-state index in [1.165, 1.54) is 100 Å². The van der Waals surface area contributed by atoms with Crippen molar-refractivity contribution in [1.82, 2.24) is 0 Å². The van der Waals surface area contributed by atoms with E-state index in [2.05, 4.69) is 293 Å². The molecule has 6 heterocycles. The van der Waals surface area contributed by atoms with Crippen LogP contribution in [0.15, 0.2) is 273 Å². The Bertz CT molecular complexity index is 4560. The first-order valence-electron chi connectivity index (χ1n) is 27.8. The Balaban J connectivity index is 0.924. The molecule has 0 atom stereocenters. The molecular formula is C72H45B3N4O. The summed E-state index contributed by atoms with van der Waals surface area (Å²) in [5.74, 6) is 1.74. The highest BCUT2D eigenvalue weighted by molar-refractivity contribution is 7.05. The van der Waals surface area contributed by atoms with E-state index in [1.807, 2.05) is 0 Å². The van der Waals surface area contributed by atoms with Crippen molar-refractivity contribution in [1.29, 1.82) is 0 Å². The minimum Gasteiger partial charge on any atom is -0.458 e. The molecule has 0 amide bonds. The summed E-state index contributed by atoms with van der Waals surface area (Å²) in [6, 6.07) is 101. The zero-order chi connectivity index (χ0) is 52.2. The molecule has 0 spiro atoms. The second-order valence-electron chi connectivity index (χ2n) is 21.9. The highest BCUT2D eigenvalue weighted by Gasteiger charge is 2.53. The first-order valence-corrected chi connectivity index (χ1v) is 27.8. The van der Waals surface area contributed by atoms with E-state index in [-0.39, 0.29) is 20.1 Å². The van der Waals surface area contributed by atoms with Crippen LogP contribution < -0.4 is 73.5 Å². The van der Waals surface area contributed by atoms with Gasteiger partial charge in [0.1, 0.15) is 11.5 Å². The van der Waals surface area contributed by atoms with Gasteiger partial charge in [-0.05, 0) is 156 Å². The minimum atomic E-state index is -0.120. The van der Waals surface area contributed by atoms with Crippen molar-refractivity contribution in [2.45, 2.75) is 0 Å². The van der Waals surface area contributed by atoms with Crippen LogP contribution in [-0.2, 0) is 0 Å². The molecule has 0 N–H and O–H groups in total. The van der Waals surface area contributed by atoms with Crippen molar-refractivity contribution >= 4 is 138 Å². The van der Waals surface area contributed by atoms with Gasteiger partial charge in [0.05, 0.1) is 0 Å². The van der Waals surface area contributed by atoms with Crippen LogP contribution in [0.2, 0.25) is 0 Å². The number of hydrogen-bond donors (Lipinski definition) is 0. The lowest BCUT2D eigenvalue weighted by Gasteiger charge is -2.51. The fourth-order valence-corrected chi connectivity index (χ4v) is 14.7. The van der Waals surface area contributed by atoms with Crippen molar-refractivity contribution in [3.05, 3.63) is 273 Å². The normalized spacial score (nSPS) is 13.9. The summed E-state index contributed by atoms with van der Waals surface area (Å²) in [5, 5.41) is 0.